The van der Waals surface area contributed by atoms with Gasteiger partial charge in [-0.25, -0.2) is 0 Å². The van der Waals surface area contributed by atoms with Gasteiger partial charge in [0.1, 0.15) is 4.34 Å². The minimum absolute atomic E-state index is 0.00236. The van der Waals surface area contributed by atoms with Crippen LogP contribution in [0.2, 0.25) is 8.67 Å². The summed E-state index contributed by atoms with van der Waals surface area (Å²) in [4.78, 5) is 12.3. The molecular weight excluding hydrogens is 357 g/mol. The Morgan fingerprint density at radius 3 is 2.43 bits per heavy atom. The standard InChI is InChI=1S/C15H11Cl2N3O2S/c1-7-3-8(2)5-9(4-7)13(21)18-15-20-19-14(22-15)10-6-11(16)23-12(10)17/h3-6H,1-2H3,(H,18,20,21). The lowest BCUT2D eigenvalue weighted by Crippen LogP contribution is -2.12. The van der Waals surface area contributed by atoms with Gasteiger partial charge < -0.3 is 4.42 Å². The van der Waals surface area contributed by atoms with Crippen molar-refractivity contribution in [3.63, 3.8) is 0 Å². The second-order valence-electron chi connectivity index (χ2n) is 4.98. The van der Waals surface area contributed by atoms with Crippen LogP contribution in [0.5, 0.6) is 0 Å². The van der Waals surface area contributed by atoms with Gasteiger partial charge in [0.25, 0.3) is 11.8 Å². The van der Waals surface area contributed by atoms with Crippen LogP contribution in [0.3, 0.4) is 0 Å². The van der Waals surface area contributed by atoms with Crippen LogP contribution in [0.1, 0.15) is 21.5 Å². The van der Waals surface area contributed by atoms with Gasteiger partial charge in [-0.3, -0.25) is 10.1 Å². The largest absolute Gasteiger partial charge is 0.403 e. The quantitative estimate of drug-likeness (QED) is 0.708. The van der Waals surface area contributed by atoms with Gasteiger partial charge in [-0.05, 0) is 32.0 Å². The summed E-state index contributed by atoms with van der Waals surface area (Å²) in [6.45, 7) is 3.85. The average molecular weight is 368 g/mol. The highest BCUT2D eigenvalue weighted by Crippen LogP contribution is 2.37. The smallest absolute Gasteiger partial charge is 0.322 e. The number of halogens is 2. The fourth-order valence-electron chi connectivity index (χ4n) is 2.14. The topological polar surface area (TPSA) is 68.0 Å². The lowest BCUT2D eigenvalue weighted by atomic mass is 10.1. The number of nitrogens with one attached hydrogen (secondary N) is 1. The normalized spacial score (nSPS) is 10.8. The summed E-state index contributed by atoms with van der Waals surface area (Å²) in [5.41, 5.74) is 3.07. The van der Waals surface area contributed by atoms with E-state index in [2.05, 4.69) is 15.5 Å². The molecule has 1 aromatic carbocycles. The summed E-state index contributed by atoms with van der Waals surface area (Å²) in [6, 6.07) is 7.20. The Morgan fingerprint density at radius 1 is 1.13 bits per heavy atom. The molecule has 0 atom stereocenters. The molecule has 8 heteroatoms. The maximum Gasteiger partial charge on any atom is 0.322 e. The minimum Gasteiger partial charge on any atom is -0.403 e. The number of carbonyl (C=O) groups excluding carboxylic acids is 1. The van der Waals surface area contributed by atoms with Gasteiger partial charge in [-0.15, -0.1) is 16.4 Å². The molecule has 0 fully saturated rings. The Hall–Kier alpha value is -1.89. The third-order valence-electron chi connectivity index (χ3n) is 3.02. The molecule has 23 heavy (non-hydrogen) atoms. The van der Waals surface area contributed by atoms with Crippen LogP contribution >= 0.6 is 34.5 Å². The van der Waals surface area contributed by atoms with E-state index in [1.165, 1.54) is 11.3 Å². The summed E-state index contributed by atoms with van der Waals surface area (Å²) >= 11 is 13.1. The minimum atomic E-state index is -0.318. The molecule has 0 saturated heterocycles. The van der Waals surface area contributed by atoms with E-state index in [0.29, 0.717) is 19.8 Å². The van der Waals surface area contributed by atoms with Crippen molar-refractivity contribution in [2.45, 2.75) is 13.8 Å². The molecule has 0 aliphatic heterocycles. The second-order valence-corrected chi connectivity index (χ2v) is 7.27. The fraction of sp³-hybridized carbons (Fsp3) is 0.133. The predicted molar refractivity (Wildman–Crippen MR) is 91.5 cm³/mol. The molecule has 118 valence electrons. The predicted octanol–water partition coefficient (Wildman–Crippen LogP) is 4.97. The first-order chi connectivity index (χ1) is 10.9. The van der Waals surface area contributed by atoms with Crippen LogP contribution in [0.15, 0.2) is 28.7 Å². The average Bonchev–Trinajstić information content (AvgIpc) is 3.04. The number of anilines is 1. The molecule has 3 rings (SSSR count). The molecule has 3 aromatic rings. The van der Waals surface area contributed by atoms with Gasteiger partial charge in [0.05, 0.1) is 9.90 Å². The third-order valence-corrected chi connectivity index (χ3v) is 4.50. The summed E-state index contributed by atoms with van der Waals surface area (Å²) in [7, 11) is 0. The molecule has 1 N–H and O–H groups in total. The number of thiophene rings is 1. The van der Waals surface area contributed by atoms with Crippen molar-refractivity contribution in [2.24, 2.45) is 0 Å². The Labute approximate surface area is 146 Å². The van der Waals surface area contributed by atoms with Gasteiger partial charge in [-0.1, -0.05) is 45.5 Å². The number of rotatable bonds is 3. The van der Waals surface area contributed by atoms with Crippen molar-refractivity contribution in [3.8, 4) is 11.5 Å². The van der Waals surface area contributed by atoms with Gasteiger partial charge in [-0.2, -0.15) is 0 Å². The Kier molecular flexibility index (Phi) is 4.39. The summed E-state index contributed by atoms with van der Waals surface area (Å²) < 4.78 is 6.39. The van der Waals surface area contributed by atoms with E-state index in [1.807, 2.05) is 19.9 Å². The molecule has 0 aliphatic carbocycles. The van der Waals surface area contributed by atoms with Crippen LogP contribution in [-0.2, 0) is 0 Å². The van der Waals surface area contributed by atoms with Crippen molar-refractivity contribution >= 4 is 46.5 Å². The third kappa shape index (κ3) is 3.55. The zero-order valence-corrected chi connectivity index (χ0v) is 14.5. The lowest BCUT2D eigenvalue weighted by molar-refractivity contribution is 0.102. The van der Waals surface area contributed by atoms with Crippen LogP contribution in [0, 0.1) is 13.8 Å². The van der Waals surface area contributed by atoms with E-state index < -0.39 is 0 Å². The molecule has 0 unspecified atom stereocenters. The van der Waals surface area contributed by atoms with Crippen molar-refractivity contribution in [2.75, 3.05) is 5.32 Å². The summed E-state index contributed by atoms with van der Waals surface area (Å²) in [5.74, 6) is -0.115. The first-order valence-electron chi connectivity index (χ1n) is 6.61. The van der Waals surface area contributed by atoms with E-state index in [-0.39, 0.29) is 17.8 Å². The monoisotopic (exact) mass is 367 g/mol. The highest BCUT2D eigenvalue weighted by Gasteiger charge is 2.17. The van der Waals surface area contributed by atoms with Crippen molar-refractivity contribution in [3.05, 3.63) is 49.6 Å². The highest BCUT2D eigenvalue weighted by atomic mass is 35.5. The van der Waals surface area contributed by atoms with Gasteiger partial charge in [0, 0.05) is 5.56 Å². The molecule has 1 amide bonds. The van der Waals surface area contributed by atoms with E-state index in [9.17, 15) is 4.79 Å². The molecule has 2 heterocycles. The molecule has 2 aromatic heterocycles. The van der Waals surface area contributed by atoms with Gasteiger partial charge >= 0.3 is 6.01 Å². The van der Waals surface area contributed by atoms with Crippen molar-refractivity contribution in [1.82, 2.24) is 10.2 Å². The van der Waals surface area contributed by atoms with Crippen LogP contribution in [0.4, 0.5) is 6.01 Å². The zero-order valence-electron chi connectivity index (χ0n) is 12.2. The number of aryl methyl sites for hydroxylation is 2. The second kappa shape index (κ2) is 6.31. The number of hydrogen-bond acceptors (Lipinski definition) is 5. The summed E-state index contributed by atoms with van der Waals surface area (Å²) in [6.07, 6.45) is 0. The molecule has 0 radical (unpaired) electrons. The molecule has 0 spiro atoms. The number of aromatic nitrogens is 2. The van der Waals surface area contributed by atoms with Crippen LogP contribution < -0.4 is 5.32 Å². The van der Waals surface area contributed by atoms with E-state index in [0.717, 1.165) is 11.1 Å². The molecule has 0 aliphatic rings. The first kappa shape index (κ1) is 16.0. The fourth-order valence-corrected chi connectivity index (χ4v) is 3.59. The Morgan fingerprint density at radius 2 is 1.83 bits per heavy atom. The van der Waals surface area contributed by atoms with Crippen molar-refractivity contribution in [1.29, 1.82) is 0 Å². The SMILES string of the molecule is Cc1cc(C)cc(C(=O)Nc2nnc(-c3cc(Cl)sc3Cl)o2)c1. The Balaban J connectivity index is 1.81. The van der Waals surface area contributed by atoms with Crippen LogP contribution in [-0.4, -0.2) is 16.1 Å². The Bertz CT molecular complexity index is 868. The van der Waals surface area contributed by atoms with E-state index >= 15 is 0 Å². The van der Waals surface area contributed by atoms with Crippen molar-refractivity contribution < 1.29 is 9.21 Å². The number of hydrogen-bond donors (Lipinski definition) is 1. The molecule has 0 saturated carbocycles. The van der Waals surface area contributed by atoms with Gasteiger partial charge in [0.2, 0.25) is 0 Å². The number of benzene rings is 1. The maximum absolute atomic E-state index is 12.3. The summed E-state index contributed by atoms with van der Waals surface area (Å²) in [5, 5.41) is 10.3. The number of nitrogens with zero attached hydrogens (tertiary/aromatic N) is 2. The molecule has 0 bridgehead atoms. The first-order valence-corrected chi connectivity index (χ1v) is 8.18. The number of carbonyl (C=O) groups is 1. The zero-order chi connectivity index (χ0) is 16.6. The van der Waals surface area contributed by atoms with Crippen LogP contribution in [0.25, 0.3) is 11.5 Å². The lowest BCUT2D eigenvalue weighted by Gasteiger charge is -2.03. The molecule has 5 nitrogen and oxygen atoms in total. The molecular formula is C15H11Cl2N3O2S. The maximum atomic E-state index is 12.3. The number of amides is 1. The van der Waals surface area contributed by atoms with Gasteiger partial charge in [0.15, 0.2) is 0 Å². The highest BCUT2D eigenvalue weighted by molar-refractivity contribution is 7.20. The van der Waals surface area contributed by atoms with E-state index in [4.69, 9.17) is 27.6 Å². The van der Waals surface area contributed by atoms with E-state index in [1.54, 1.807) is 18.2 Å².